The Morgan fingerprint density at radius 1 is 0.659 bits per heavy atom. The summed E-state index contributed by atoms with van der Waals surface area (Å²) in [5, 5.41) is 14.0. The molecular formula is C37H31N3O. The van der Waals surface area contributed by atoms with Crippen molar-refractivity contribution in [2.75, 3.05) is 0 Å². The van der Waals surface area contributed by atoms with Gasteiger partial charge in [0.2, 0.25) is 0 Å². The van der Waals surface area contributed by atoms with Crippen LogP contribution < -0.4 is 15.8 Å². The maximum atomic E-state index is 13.4. The zero-order valence-corrected chi connectivity index (χ0v) is 22.8. The van der Waals surface area contributed by atoms with Gasteiger partial charge in [-0.1, -0.05) is 78.9 Å². The zero-order chi connectivity index (χ0) is 27.9. The Hall–Kier alpha value is -5.09. The predicted octanol–water partition coefficient (Wildman–Crippen LogP) is 7.50. The van der Waals surface area contributed by atoms with Crippen molar-refractivity contribution in [2.24, 2.45) is 16.1 Å². The summed E-state index contributed by atoms with van der Waals surface area (Å²) < 4.78 is 0. The van der Waals surface area contributed by atoms with Gasteiger partial charge in [-0.05, 0) is 101 Å². The third-order valence-electron chi connectivity index (χ3n) is 7.55. The molecular weight excluding hydrogens is 502 g/mol. The number of carbonyl (C=O) groups is 1. The van der Waals surface area contributed by atoms with Crippen molar-refractivity contribution in [1.29, 1.82) is 0 Å². The van der Waals surface area contributed by atoms with Gasteiger partial charge < -0.3 is 5.32 Å². The quantitative estimate of drug-likeness (QED) is 0.218. The normalized spacial score (nSPS) is 16.0. The Morgan fingerprint density at radius 2 is 1.37 bits per heavy atom. The van der Waals surface area contributed by atoms with Crippen LogP contribution in [0.25, 0.3) is 23.3 Å². The average molecular weight is 534 g/mol. The van der Waals surface area contributed by atoms with Crippen LogP contribution in [-0.4, -0.2) is 5.78 Å². The molecule has 7 rings (SSSR count). The minimum atomic E-state index is -0.110. The highest BCUT2D eigenvalue weighted by molar-refractivity contribution is 6.01. The molecule has 1 N–H and O–H groups in total. The summed E-state index contributed by atoms with van der Waals surface area (Å²) in [5.41, 5.74) is 7.56. The predicted molar refractivity (Wildman–Crippen MR) is 168 cm³/mol. The molecule has 3 aliphatic rings. The molecule has 4 nitrogen and oxygen atoms in total. The number of Topliss-reactive ketones (excluding diaryl/α,β-unsaturated/α-hetero) is 1. The first-order valence-electron chi connectivity index (χ1n) is 14.0. The molecule has 0 amide bonds. The summed E-state index contributed by atoms with van der Waals surface area (Å²) >= 11 is 0. The van der Waals surface area contributed by atoms with Crippen molar-refractivity contribution in [3.05, 3.63) is 155 Å². The number of aryl methyl sites for hydroxylation is 1. The highest BCUT2D eigenvalue weighted by Crippen LogP contribution is 2.27. The Balaban J connectivity index is 0.000000380. The van der Waals surface area contributed by atoms with E-state index in [0.29, 0.717) is 0 Å². The molecule has 1 unspecified atom stereocenters. The number of azo groups is 1. The third kappa shape index (κ3) is 6.07. The van der Waals surface area contributed by atoms with Crippen LogP contribution in [-0.2, 0) is 12.8 Å². The molecule has 0 saturated heterocycles. The van der Waals surface area contributed by atoms with Crippen LogP contribution in [0, 0.1) is 5.92 Å². The Kier molecular flexibility index (Phi) is 7.90. The van der Waals surface area contributed by atoms with Gasteiger partial charge in [-0.2, -0.15) is 10.2 Å². The van der Waals surface area contributed by atoms with Crippen LogP contribution in [0.3, 0.4) is 0 Å². The minimum absolute atomic E-state index is 0.110. The van der Waals surface area contributed by atoms with Crippen molar-refractivity contribution in [3.63, 3.8) is 0 Å². The number of nitrogens with zero attached hydrogens (tertiary/aromatic N) is 2. The lowest BCUT2D eigenvalue weighted by molar-refractivity contribution is 0.0947. The number of carbonyl (C=O) groups excluding carboxylic acids is 1. The first-order chi connectivity index (χ1) is 20.3. The SMILES string of the molecule is C1=CC=CNC=C1.O=C(c1ccc(N=Nc2ccccc2)cc1)C1C=c2c(ccc3c2=CCc2ccccc2-3)CC1. The van der Waals surface area contributed by atoms with Crippen LogP contribution in [0.4, 0.5) is 11.4 Å². The number of allylic oxidation sites excluding steroid dienone is 4. The molecule has 0 bridgehead atoms. The molecule has 4 aromatic carbocycles. The van der Waals surface area contributed by atoms with E-state index in [1.54, 1.807) is 0 Å². The van der Waals surface area contributed by atoms with E-state index in [2.05, 4.69) is 64.1 Å². The smallest absolute Gasteiger partial charge is 0.169 e. The van der Waals surface area contributed by atoms with E-state index in [9.17, 15) is 4.79 Å². The highest BCUT2D eigenvalue weighted by Gasteiger charge is 2.23. The lowest BCUT2D eigenvalue weighted by Crippen LogP contribution is -2.37. The molecule has 41 heavy (non-hydrogen) atoms. The molecule has 0 saturated carbocycles. The second-order valence-electron chi connectivity index (χ2n) is 10.2. The maximum Gasteiger partial charge on any atom is 0.169 e. The van der Waals surface area contributed by atoms with Crippen LogP contribution >= 0.6 is 0 Å². The van der Waals surface area contributed by atoms with Crippen molar-refractivity contribution >= 4 is 29.3 Å². The van der Waals surface area contributed by atoms with Crippen LogP contribution in [0.5, 0.6) is 0 Å². The molecule has 1 heterocycles. The number of hydrogen-bond acceptors (Lipinski definition) is 4. The molecule has 1 aliphatic heterocycles. The zero-order valence-electron chi connectivity index (χ0n) is 22.8. The summed E-state index contributed by atoms with van der Waals surface area (Å²) in [6.45, 7) is 0. The average Bonchev–Trinajstić information content (AvgIpc) is 3.37. The van der Waals surface area contributed by atoms with E-state index < -0.39 is 0 Å². The van der Waals surface area contributed by atoms with Gasteiger partial charge in [0.25, 0.3) is 0 Å². The second-order valence-corrected chi connectivity index (χ2v) is 10.2. The summed E-state index contributed by atoms with van der Waals surface area (Å²) in [5.74, 6) is 0.0624. The van der Waals surface area contributed by atoms with Crippen molar-refractivity contribution in [3.8, 4) is 11.1 Å². The number of nitrogens with one attached hydrogen (secondary N) is 1. The lowest BCUT2D eigenvalue weighted by Gasteiger charge is -2.21. The minimum Gasteiger partial charge on any atom is -0.368 e. The van der Waals surface area contributed by atoms with E-state index in [1.807, 2.05) is 91.3 Å². The first kappa shape index (κ1) is 26.1. The number of fused-ring (bicyclic) bond motifs is 5. The third-order valence-corrected chi connectivity index (χ3v) is 7.55. The van der Waals surface area contributed by atoms with Gasteiger partial charge in [-0.15, -0.1) is 0 Å². The van der Waals surface area contributed by atoms with Crippen LogP contribution in [0.15, 0.2) is 138 Å². The topological polar surface area (TPSA) is 53.8 Å². The van der Waals surface area contributed by atoms with Crippen LogP contribution in [0.2, 0.25) is 0 Å². The van der Waals surface area contributed by atoms with Gasteiger partial charge in [0.1, 0.15) is 0 Å². The number of hydrogen-bond donors (Lipinski definition) is 1. The van der Waals surface area contributed by atoms with Gasteiger partial charge in [-0.25, -0.2) is 0 Å². The Bertz CT molecular complexity index is 1780. The van der Waals surface area contributed by atoms with Crippen molar-refractivity contribution < 1.29 is 4.79 Å². The molecule has 4 heteroatoms. The van der Waals surface area contributed by atoms with Gasteiger partial charge in [0.15, 0.2) is 5.78 Å². The molecule has 1 atom stereocenters. The number of rotatable bonds is 4. The largest absolute Gasteiger partial charge is 0.368 e. The fourth-order valence-electron chi connectivity index (χ4n) is 5.45. The first-order valence-corrected chi connectivity index (χ1v) is 14.0. The fraction of sp³-hybridized carbons (Fsp3) is 0.108. The Labute approximate surface area is 240 Å². The monoisotopic (exact) mass is 533 g/mol. The number of ketones is 1. The Morgan fingerprint density at radius 3 is 2.15 bits per heavy atom. The van der Waals surface area contributed by atoms with E-state index in [0.717, 1.165) is 36.2 Å². The van der Waals surface area contributed by atoms with E-state index >= 15 is 0 Å². The van der Waals surface area contributed by atoms with Gasteiger partial charge in [0, 0.05) is 23.9 Å². The number of benzene rings is 4. The van der Waals surface area contributed by atoms with Crippen molar-refractivity contribution in [1.82, 2.24) is 5.32 Å². The molecule has 0 radical (unpaired) electrons. The van der Waals surface area contributed by atoms with E-state index in [-0.39, 0.29) is 11.7 Å². The maximum absolute atomic E-state index is 13.4. The molecule has 0 fully saturated rings. The van der Waals surface area contributed by atoms with Crippen molar-refractivity contribution in [2.45, 2.75) is 19.3 Å². The summed E-state index contributed by atoms with van der Waals surface area (Å²) in [6.07, 6.45) is 18.8. The lowest BCUT2D eigenvalue weighted by atomic mass is 9.82. The molecule has 0 aromatic heterocycles. The van der Waals surface area contributed by atoms with Gasteiger partial charge >= 0.3 is 0 Å². The van der Waals surface area contributed by atoms with Gasteiger partial charge in [-0.3, -0.25) is 4.79 Å². The summed E-state index contributed by atoms with van der Waals surface area (Å²) in [7, 11) is 0. The van der Waals surface area contributed by atoms with E-state index in [4.69, 9.17) is 0 Å². The summed E-state index contributed by atoms with van der Waals surface area (Å²) in [6, 6.07) is 30.2. The molecule has 2 aliphatic carbocycles. The second kappa shape index (κ2) is 12.4. The molecule has 0 spiro atoms. The highest BCUT2D eigenvalue weighted by atomic mass is 16.1. The van der Waals surface area contributed by atoms with E-state index in [1.165, 1.54) is 32.7 Å². The fourth-order valence-corrected chi connectivity index (χ4v) is 5.45. The molecule has 4 aromatic rings. The van der Waals surface area contributed by atoms with Crippen LogP contribution in [0.1, 0.15) is 27.9 Å². The standard InChI is InChI=1S/C31H24N2O.C6H7N/c34-31(23-12-16-26(17-13-23)33-32-25-7-2-1-3-8-25)24-11-10-22-15-18-28-27-9-5-4-6-21(27)14-19-29(28)30(22)20-24;1-2-4-6-7-5-3-1/h1-9,12-13,15-20,24H,10-11,14H2;1-7H. The molecule has 200 valence electrons. The van der Waals surface area contributed by atoms with Gasteiger partial charge in [0.05, 0.1) is 11.4 Å². The summed E-state index contributed by atoms with van der Waals surface area (Å²) in [4.78, 5) is 13.4.